The van der Waals surface area contributed by atoms with Gasteiger partial charge in [-0.3, -0.25) is 4.79 Å². The lowest BCUT2D eigenvalue weighted by Crippen LogP contribution is -2.30. The number of rotatable bonds is 3. The van der Waals surface area contributed by atoms with Crippen molar-refractivity contribution in [2.75, 3.05) is 5.33 Å². The third-order valence-corrected chi connectivity index (χ3v) is 7.50. The first-order valence-electron chi connectivity index (χ1n) is 5.51. The van der Waals surface area contributed by atoms with Crippen LogP contribution >= 0.6 is 59.1 Å². The van der Waals surface area contributed by atoms with Gasteiger partial charge in [0, 0.05) is 15.4 Å². The largest absolute Gasteiger partial charge is 0.426 e. The topological polar surface area (TPSA) is 26.3 Å². The highest BCUT2D eigenvalue weighted by Crippen LogP contribution is 2.40. The fraction of sp³-hybridized carbons (Fsp3) is 0.308. The summed E-state index contributed by atoms with van der Waals surface area (Å²) in [5, 5.41) is 1.67. The Hall–Kier alpha value is 0.0900. The minimum atomic E-state index is -0.536. The Bertz CT molecular complexity index is 634. The van der Waals surface area contributed by atoms with Crippen molar-refractivity contribution < 1.29 is 9.53 Å². The molecule has 1 heterocycles. The molecule has 1 aromatic carbocycles. The first-order valence-corrected chi connectivity index (χ1v) is 9.03. The Morgan fingerprint density at radius 2 is 2.05 bits per heavy atom. The highest BCUT2D eigenvalue weighted by atomic mass is 79.9. The van der Waals surface area contributed by atoms with Crippen molar-refractivity contribution in [2.45, 2.75) is 13.8 Å². The summed E-state index contributed by atoms with van der Waals surface area (Å²) in [4.78, 5) is 12.0. The summed E-state index contributed by atoms with van der Waals surface area (Å²) < 4.78 is 8.57. The maximum absolute atomic E-state index is 12.0. The van der Waals surface area contributed by atoms with E-state index in [9.17, 15) is 4.79 Å². The van der Waals surface area contributed by atoms with Crippen LogP contribution in [0.4, 0.5) is 0 Å². The van der Waals surface area contributed by atoms with Crippen molar-refractivity contribution in [1.29, 1.82) is 0 Å². The van der Waals surface area contributed by atoms with E-state index >= 15 is 0 Å². The summed E-state index contributed by atoms with van der Waals surface area (Å²) in [6.45, 7) is 3.70. The summed E-state index contributed by atoms with van der Waals surface area (Å²) in [5.74, 6) is 0.339. The zero-order valence-corrected chi connectivity index (χ0v) is 15.9. The quantitative estimate of drug-likeness (QED) is 0.324. The normalized spacial score (nSPS) is 11.8. The van der Waals surface area contributed by atoms with E-state index in [1.54, 1.807) is 11.3 Å². The van der Waals surface area contributed by atoms with Gasteiger partial charge in [0.05, 0.1) is 13.7 Å². The van der Waals surface area contributed by atoms with Gasteiger partial charge in [0.25, 0.3) is 0 Å². The van der Waals surface area contributed by atoms with E-state index in [2.05, 4.69) is 47.8 Å². The van der Waals surface area contributed by atoms with Crippen LogP contribution in [0.1, 0.15) is 13.8 Å². The van der Waals surface area contributed by atoms with E-state index in [-0.39, 0.29) is 5.97 Å². The number of alkyl halides is 1. The Morgan fingerprint density at radius 1 is 1.37 bits per heavy atom. The summed E-state index contributed by atoms with van der Waals surface area (Å²) in [6.07, 6.45) is 0. The predicted molar refractivity (Wildman–Crippen MR) is 90.4 cm³/mol. The molecular weight excluding hydrogens is 460 g/mol. The van der Waals surface area contributed by atoms with E-state index in [1.165, 1.54) is 0 Å². The van der Waals surface area contributed by atoms with Gasteiger partial charge < -0.3 is 4.74 Å². The average molecular weight is 471 g/mol. The molecule has 0 atom stereocenters. The molecular formula is C13H11Br3O2S. The van der Waals surface area contributed by atoms with Gasteiger partial charge in [-0.1, -0.05) is 15.9 Å². The van der Waals surface area contributed by atoms with E-state index < -0.39 is 5.41 Å². The molecule has 0 aliphatic rings. The number of benzene rings is 1. The van der Waals surface area contributed by atoms with Crippen LogP contribution in [0.3, 0.4) is 0 Å². The maximum Gasteiger partial charge on any atom is 0.317 e. The number of carbonyl (C=O) groups is 1. The van der Waals surface area contributed by atoms with Gasteiger partial charge in [0.2, 0.25) is 0 Å². The van der Waals surface area contributed by atoms with E-state index in [4.69, 9.17) is 4.74 Å². The third kappa shape index (κ3) is 3.23. The Kier molecular flexibility index (Phi) is 4.75. The van der Waals surface area contributed by atoms with Gasteiger partial charge >= 0.3 is 5.97 Å². The van der Waals surface area contributed by atoms with Crippen LogP contribution in [0.5, 0.6) is 5.75 Å². The van der Waals surface area contributed by atoms with Crippen molar-refractivity contribution in [2.24, 2.45) is 5.41 Å². The minimum Gasteiger partial charge on any atom is -0.426 e. The van der Waals surface area contributed by atoms with Crippen molar-refractivity contribution >= 4 is 75.2 Å². The zero-order chi connectivity index (χ0) is 14.2. The molecule has 0 amide bonds. The molecule has 0 radical (unpaired) electrons. The molecule has 0 aliphatic heterocycles. The van der Waals surface area contributed by atoms with E-state index in [0.29, 0.717) is 11.1 Å². The second kappa shape index (κ2) is 5.84. The first kappa shape index (κ1) is 15.5. The molecule has 6 heteroatoms. The van der Waals surface area contributed by atoms with Gasteiger partial charge in [0.15, 0.2) is 0 Å². The van der Waals surface area contributed by atoms with Crippen LogP contribution in [-0.4, -0.2) is 11.3 Å². The predicted octanol–water partition coefficient (Wildman–Crippen LogP) is 5.75. The van der Waals surface area contributed by atoms with Crippen molar-refractivity contribution in [3.8, 4) is 5.75 Å². The Morgan fingerprint density at radius 3 is 2.68 bits per heavy atom. The lowest BCUT2D eigenvalue weighted by atomic mass is 9.97. The summed E-state index contributed by atoms with van der Waals surface area (Å²) >= 11 is 11.9. The molecule has 19 heavy (non-hydrogen) atoms. The van der Waals surface area contributed by atoms with Crippen LogP contribution in [0, 0.1) is 5.41 Å². The lowest BCUT2D eigenvalue weighted by Gasteiger charge is -2.19. The Balaban J connectivity index is 2.30. The van der Waals surface area contributed by atoms with Crippen molar-refractivity contribution in [3.63, 3.8) is 0 Å². The second-order valence-electron chi connectivity index (χ2n) is 4.75. The van der Waals surface area contributed by atoms with E-state index in [1.807, 2.05) is 32.0 Å². The standard InChI is InChI=1S/C13H11Br3O2S/c1-13(2,6-14)12(17)18-7-3-4-8-9(5-7)19-11(16)10(8)15/h3-5H,6H2,1-2H3. The molecule has 0 bridgehead atoms. The number of fused-ring (bicyclic) bond motifs is 1. The van der Waals surface area contributed by atoms with Gasteiger partial charge in [-0.25, -0.2) is 0 Å². The number of ether oxygens (including phenoxy) is 1. The van der Waals surface area contributed by atoms with Crippen LogP contribution in [0.15, 0.2) is 26.5 Å². The fourth-order valence-corrected chi connectivity index (χ4v) is 3.91. The number of esters is 1. The highest BCUT2D eigenvalue weighted by Gasteiger charge is 2.28. The fourth-order valence-electron chi connectivity index (χ4n) is 1.38. The molecule has 0 aliphatic carbocycles. The minimum absolute atomic E-state index is 0.238. The number of thiophene rings is 1. The van der Waals surface area contributed by atoms with E-state index in [0.717, 1.165) is 18.3 Å². The molecule has 2 rings (SSSR count). The number of hydrogen-bond acceptors (Lipinski definition) is 3. The molecule has 0 unspecified atom stereocenters. The van der Waals surface area contributed by atoms with Gasteiger partial charge in [0.1, 0.15) is 5.75 Å². The molecule has 0 spiro atoms. The molecule has 0 fully saturated rings. The smallest absolute Gasteiger partial charge is 0.317 e. The summed E-state index contributed by atoms with van der Waals surface area (Å²) in [7, 11) is 0. The molecule has 0 N–H and O–H groups in total. The number of hydrogen-bond donors (Lipinski definition) is 0. The number of halogens is 3. The van der Waals surface area contributed by atoms with Crippen molar-refractivity contribution in [3.05, 3.63) is 26.5 Å². The molecule has 0 saturated carbocycles. The van der Waals surface area contributed by atoms with Gasteiger partial charge in [-0.05, 0) is 63.9 Å². The first-order chi connectivity index (χ1) is 8.85. The average Bonchev–Trinajstić information content (AvgIpc) is 2.64. The molecule has 2 nitrogen and oxygen atoms in total. The van der Waals surface area contributed by atoms with Crippen LogP contribution in [-0.2, 0) is 4.79 Å². The highest BCUT2D eigenvalue weighted by molar-refractivity contribution is 9.13. The molecule has 102 valence electrons. The molecule has 2 aromatic rings. The molecule has 0 saturated heterocycles. The monoisotopic (exact) mass is 468 g/mol. The van der Waals surface area contributed by atoms with Crippen LogP contribution in [0.2, 0.25) is 0 Å². The van der Waals surface area contributed by atoms with Crippen LogP contribution < -0.4 is 4.74 Å². The van der Waals surface area contributed by atoms with Crippen LogP contribution in [0.25, 0.3) is 10.1 Å². The van der Waals surface area contributed by atoms with Crippen molar-refractivity contribution in [1.82, 2.24) is 0 Å². The summed E-state index contributed by atoms with van der Waals surface area (Å²) in [6, 6.07) is 5.65. The van der Waals surface area contributed by atoms with Gasteiger partial charge in [-0.2, -0.15) is 0 Å². The third-order valence-electron chi connectivity index (χ3n) is 2.66. The van der Waals surface area contributed by atoms with Gasteiger partial charge in [-0.15, -0.1) is 11.3 Å². The number of carbonyl (C=O) groups excluding carboxylic acids is 1. The Labute approximate surface area is 140 Å². The maximum atomic E-state index is 12.0. The SMILES string of the molecule is CC(C)(CBr)C(=O)Oc1ccc2c(Br)c(Br)sc2c1. The second-order valence-corrected chi connectivity index (χ2v) is 8.48. The summed E-state index contributed by atoms with van der Waals surface area (Å²) in [5.41, 5.74) is -0.536. The lowest BCUT2D eigenvalue weighted by molar-refractivity contribution is -0.142. The zero-order valence-electron chi connectivity index (χ0n) is 10.3. The molecule has 1 aromatic heterocycles.